The standard InChI is InChI=1S/C18H30N4O3/c1-13(2)9-15-20-16(25-21-15)11-22(3)17(23)19-14-10-18(24-12-14)7-5-4-6-8-18/h13-14H,4-12H2,1-3H3,(H,19,23)/t14-/m0/s1. The number of carbonyl (C=O) groups excluding carboxylic acids is 1. The molecule has 0 radical (unpaired) electrons. The summed E-state index contributed by atoms with van der Waals surface area (Å²) in [6, 6.07) is -0.0303. The van der Waals surface area contributed by atoms with E-state index in [4.69, 9.17) is 9.26 Å². The van der Waals surface area contributed by atoms with Gasteiger partial charge in [0.25, 0.3) is 0 Å². The van der Waals surface area contributed by atoms with Gasteiger partial charge >= 0.3 is 6.03 Å². The fraction of sp³-hybridized carbons (Fsp3) is 0.833. The van der Waals surface area contributed by atoms with Crippen LogP contribution in [0.15, 0.2) is 4.52 Å². The highest BCUT2D eigenvalue weighted by Crippen LogP contribution is 2.39. The summed E-state index contributed by atoms with van der Waals surface area (Å²) in [5.41, 5.74) is 0.00695. The molecule has 2 heterocycles. The van der Waals surface area contributed by atoms with Crippen molar-refractivity contribution in [3.63, 3.8) is 0 Å². The van der Waals surface area contributed by atoms with Crippen molar-refractivity contribution in [3.05, 3.63) is 11.7 Å². The first-order valence-corrected chi connectivity index (χ1v) is 9.43. The van der Waals surface area contributed by atoms with Crippen LogP contribution in [-0.2, 0) is 17.7 Å². The van der Waals surface area contributed by atoms with E-state index < -0.39 is 0 Å². The number of rotatable bonds is 5. The molecule has 140 valence electrons. The normalized spacial score (nSPS) is 22.5. The molecule has 0 unspecified atom stereocenters. The van der Waals surface area contributed by atoms with Gasteiger partial charge < -0.3 is 19.5 Å². The van der Waals surface area contributed by atoms with E-state index in [9.17, 15) is 4.79 Å². The highest BCUT2D eigenvalue weighted by molar-refractivity contribution is 5.74. The van der Waals surface area contributed by atoms with E-state index in [0.29, 0.717) is 30.8 Å². The lowest BCUT2D eigenvalue weighted by atomic mass is 9.82. The summed E-state index contributed by atoms with van der Waals surface area (Å²) in [4.78, 5) is 18.4. The number of aromatic nitrogens is 2. The number of hydrogen-bond donors (Lipinski definition) is 1. The second kappa shape index (κ2) is 7.72. The van der Waals surface area contributed by atoms with Gasteiger partial charge in [-0.2, -0.15) is 4.98 Å². The minimum absolute atomic E-state index is 0.00695. The first-order chi connectivity index (χ1) is 12.0. The van der Waals surface area contributed by atoms with Crippen molar-refractivity contribution >= 4 is 6.03 Å². The minimum Gasteiger partial charge on any atom is -0.373 e. The molecule has 2 amide bonds. The smallest absolute Gasteiger partial charge is 0.317 e. The minimum atomic E-state index is -0.120. The summed E-state index contributed by atoms with van der Waals surface area (Å²) in [6.07, 6.45) is 7.71. The second-order valence-corrected chi connectivity index (χ2v) is 7.96. The first kappa shape index (κ1) is 18.2. The molecule has 7 heteroatoms. The molecule has 1 saturated heterocycles. The number of hydrogen-bond acceptors (Lipinski definition) is 5. The molecular formula is C18H30N4O3. The van der Waals surface area contributed by atoms with Crippen LogP contribution in [0.3, 0.4) is 0 Å². The molecule has 1 saturated carbocycles. The first-order valence-electron chi connectivity index (χ1n) is 9.43. The Morgan fingerprint density at radius 1 is 1.36 bits per heavy atom. The Hall–Kier alpha value is -1.63. The van der Waals surface area contributed by atoms with Gasteiger partial charge in [-0.05, 0) is 25.2 Å². The van der Waals surface area contributed by atoms with Crippen LogP contribution in [-0.4, -0.2) is 46.4 Å². The van der Waals surface area contributed by atoms with E-state index in [1.54, 1.807) is 11.9 Å². The fourth-order valence-corrected chi connectivity index (χ4v) is 3.84. The van der Waals surface area contributed by atoms with E-state index in [2.05, 4.69) is 29.3 Å². The second-order valence-electron chi connectivity index (χ2n) is 7.96. The molecule has 1 spiro atoms. The maximum atomic E-state index is 12.4. The van der Waals surface area contributed by atoms with Crippen LogP contribution in [0.25, 0.3) is 0 Å². The maximum Gasteiger partial charge on any atom is 0.317 e. The molecule has 25 heavy (non-hydrogen) atoms. The molecule has 2 aliphatic rings. The Kier molecular flexibility index (Phi) is 5.61. The molecule has 1 atom stereocenters. The zero-order valence-corrected chi connectivity index (χ0v) is 15.6. The third-order valence-corrected chi connectivity index (χ3v) is 5.12. The topological polar surface area (TPSA) is 80.5 Å². The van der Waals surface area contributed by atoms with E-state index in [0.717, 1.165) is 25.7 Å². The van der Waals surface area contributed by atoms with Crippen molar-refractivity contribution < 1.29 is 14.1 Å². The van der Waals surface area contributed by atoms with Gasteiger partial charge in [-0.25, -0.2) is 4.79 Å². The molecule has 0 aromatic carbocycles. The summed E-state index contributed by atoms with van der Waals surface area (Å²) in [6.45, 7) is 5.14. The zero-order chi connectivity index (χ0) is 17.9. The SMILES string of the molecule is CC(C)Cc1noc(CN(C)C(=O)N[C@@H]2COC3(CCCCC3)C2)n1. The van der Waals surface area contributed by atoms with Crippen LogP contribution in [0.5, 0.6) is 0 Å². The lowest BCUT2D eigenvalue weighted by Gasteiger charge is -2.32. The van der Waals surface area contributed by atoms with E-state index in [1.807, 2.05) is 0 Å². The summed E-state index contributed by atoms with van der Waals surface area (Å²) >= 11 is 0. The molecule has 1 aliphatic heterocycles. The molecule has 7 nitrogen and oxygen atoms in total. The van der Waals surface area contributed by atoms with Crippen LogP contribution in [0.2, 0.25) is 0 Å². The van der Waals surface area contributed by atoms with Crippen molar-refractivity contribution in [2.45, 2.75) is 77.0 Å². The summed E-state index contributed by atoms with van der Waals surface area (Å²) in [5, 5.41) is 7.05. The average Bonchev–Trinajstić information content (AvgIpc) is 3.15. The predicted molar refractivity (Wildman–Crippen MR) is 93.0 cm³/mol. The fourth-order valence-electron chi connectivity index (χ4n) is 3.84. The highest BCUT2D eigenvalue weighted by Gasteiger charge is 2.41. The van der Waals surface area contributed by atoms with Gasteiger partial charge in [-0.1, -0.05) is 38.3 Å². The molecule has 1 aromatic heterocycles. The van der Waals surface area contributed by atoms with Crippen LogP contribution < -0.4 is 5.32 Å². The summed E-state index contributed by atoms with van der Waals surface area (Å²) in [7, 11) is 1.74. The number of amides is 2. The molecule has 3 rings (SSSR count). The van der Waals surface area contributed by atoms with E-state index >= 15 is 0 Å². The highest BCUT2D eigenvalue weighted by atomic mass is 16.5. The van der Waals surface area contributed by atoms with Crippen molar-refractivity contribution in [3.8, 4) is 0 Å². The van der Waals surface area contributed by atoms with Gasteiger partial charge in [-0.15, -0.1) is 0 Å². The lowest BCUT2D eigenvalue weighted by Crippen LogP contribution is -2.43. The van der Waals surface area contributed by atoms with E-state index in [1.165, 1.54) is 19.3 Å². The molecule has 2 fully saturated rings. The third kappa shape index (κ3) is 4.71. The Balaban J connectivity index is 1.47. The van der Waals surface area contributed by atoms with Gasteiger partial charge in [0.05, 0.1) is 18.2 Å². The Labute approximate surface area is 149 Å². The van der Waals surface area contributed by atoms with Gasteiger partial charge in [0, 0.05) is 13.5 Å². The van der Waals surface area contributed by atoms with Crippen molar-refractivity contribution in [1.82, 2.24) is 20.4 Å². The molecule has 0 bridgehead atoms. The Morgan fingerprint density at radius 2 is 2.12 bits per heavy atom. The number of nitrogens with one attached hydrogen (secondary N) is 1. The average molecular weight is 350 g/mol. The Morgan fingerprint density at radius 3 is 2.84 bits per heavy atom. The number of ether oxygens (including phenoxy) is 1. The Bertz CT molecular complexity index is 581. The predicted octanol–water partition coefficient (Wildman–Crippen LogP) is 2.90. The number of nitrogens with zero attached hydrogens (tertiary/aromatic N) is 3. The van der Waals surface area contributed by atoms with Crippen LogP contribution >= 0.6 is 0 Å². The van der Waals surface area contributed by atoms with Crippen molar-refractivity contribution in [2.24, 2.45) is 5.92 Å². The zero-order valence-electron chi connectivity index (χ0n) is 15.6. The number of carbonyl (C=O) groups is 1. The summed E-state index contributed by atoms with van der Waals surface area (Å²) < 4.78 is 11.3. The van der Waals surface area contributed by atoms with Crippen LogP contribution in [0.1, 0.15) is 64.1 Å². The molecular weight excluding hydrogens is 320 g/mol. The van der Waals surface area contributed by atoms with Crippen LogP contribution in [0.4, 0.5) is 4.79 Å². The van der Waals surface area contributed by atoms with Crippen molar-refractivity contribution in [1.29, 1.82) is 0 Å². The van der Waals surface area contributed by atoms with Crippen molar-refractivity contribution in [2.75, 3.05) is 13.7 Å². The number of urea groups is 1. The van der Waals surface area contributed by atoms with E-state index in [-0.39, 0.29) is 17.7 Å². The molecule has 1 N–H and O–H groups in total. The monoisotopic (exact) mass is 350 g/mol. The maximum absolute atomic E-state index is 12.4. The molecule has 1 aromatic rings. The quantitative estimate of drug-likeness (QED) is 0.883. The van der Waals surface area contributed by atoms with Gasteiger partial charge in [0.15, 0.2) is 5.82 Å². The van der Waals surface area contributed by atoms with Crippen LogP contribution in [0, 0.1) is 5.92 Å². The molecule has 1 aliphatic carbocycles. The summed E-state index contributed by atoms with van der Waals surface area (Å²) in [5.74, 6) is 1.64. The third-order valence-electron chi connectivity index (χ3n) is 5.12. The van der Waals surface area contributed by atoms with Gasteiger partial charge in [-0.3, -0.25) is 0 Å². The lowest BCUT2D eigenvalue weighted by molar-refractivity contribution is -0.0246. The van der Waals surface area contributed by atoms with Gasteiger partial charge in [0.1, 0.15) is 6.54 Å². The van der Waals surface area contributed by atoms with Gasteiger partial charge in [0.2, 0.25) is 5.89 Å². The largest absolute Gasteiger partial charge is 0.373 e.